The van der Waals surface area contributed by atoms with Crippen molar-refractivity contribution in [3.63, 3.8) is 0 Å². The zero-order chi connectivity index (χ0) is 32.8. The Balaban J connectivity index is 1.12. The number of nitrogens with zero attached hydrogens (tertiary/aromatic N) is 4. The summed E-state index contributed by atoms with van der Waals surface area (Å²) in [6.07, 6.45) is 14.7. The predicted octanol–water partition coefficient (Wildman–Crippen LogP) is 5.67. The molecule has 5 saturated heterocycles. The largest absolute Gasteiger partial charge is 0.354 e. The number of hydrogen-bond acceptors (Lipinski definition) is 4. The minimum Gasteiger partial charge on any atom is -0.354 e. The molecule has 2 aromatic carbocycles. The molecule has 0 N–H and O–H groups in total. The highest BCUT2D eigenvalue weighted by atomic mass is 16.5. The third kappa shape index (κ3) is 2.82. The lowest BCUT2D eigenvalue weighted by molar-refractivity contribution is -0.938. The van der Waals surface area contributed by atoms with Gasteiger partial charge in [-0.05, 0) is 46.6 Å². The second-order valence-corrected chi connectivity index (χ2v) is 18.3. The van der Waals surface area contributed by atoms with Crippen LogP contribution in [0.25, 0.3) is 0 Å². The topological polar surface area (TPSA) is 24.9 Å². The van der Waals surface area contributed by atoms with Crippen molar-refractivity contribution in [1.29, 1.82) is 0 Å². The van der Waals surface area contributed by atoms with Gasteiger partial charge in [-0.25, -0.2) is 0 Å². The Morgan fingerprint density at radius 2 is 1.14 bits per heavy atom. The fourth-order valence-corrected chi connectivity index (χ4v) is 16.4. The molecular weight excluding hydrogens is 617 g/mol. The predicted molar refractivity (Wildman–Crippen MR) is 195 cm³/mol. The minimum absolute atomic E-state index is 0.0382. The molecule has 13 rings (SSSR count). The van der Waals surface area contributed by atoms with E-state index in [2.05, 4.69) is 95.8 Å². The summed E-state index contributed by atoms with van der Waals surface area (Å²) in [6.45, 7) is 17.1. The van der Waals surface area contributed by atoms with E-state index < -0.39 is 0 Å². The third-order valence-electron chi connectivity index (χ3n) is 17.5. The highest BCUT2D eigenvalue weighted by molar-refractivity contribution is 5.72. The van der Waals surface area contributed by atoms with Crippen molar-refractivity contribution < 1.29 is 18.4 Å². The van der Waals surface area contributed by atoms with E-state index in [1.807, 2.05) is 0 Å². The van der Waals surface area contributed by atoms with Crippen molar-refractivity contribution in [2.75, 3.05) is 62.3 Å². The van der Waals surface area contributed by atoms with Crippen LogP contribution in [0.15, 0.2) is 97.1 Å². The van der Waals surface area contributed by atoms with E-state index in [-0.39, 0.29) is 23.3 Å². The molecule has 2 unspecified atom stereocenters. The van der Waals surface area contributed by atoms with Crippen molar-refractivity contribution in [2.45, 2.75) is 73.1 Å². The van der Waals surface area contributed by atoms with E-state index in [1.54, 1.807) is 22.3 Å². The van der Waals surface area contributed by atoms with E-state index in [1.165, 1.54) is 59.1 Å². The second-order valence-electron chi connectivity index (χ2n) is 18.3. The number of anilines is 2. The number of fused-ring (bicyclic) bond motifs is 6. The monoisotopic (exact) mass is 666 g/mol. The zero-order valence-electron chi connectivity index (χ0n) is 29.2. The molecule has 14 atom stereocenters. The van der Waals surface area contributed by atoms with Gasteiger partial charge in [0.15, 0.2) is 0 Å². The molecule has 9 heterocycles. The number of ether oxygens (including phenoxy) is 2. The number of benzene rings is 2. The molecule has 7 fully saturated rings. The first-order valence-electron chi connectivity index (χ1n) is 19.9. The van der Waals surface area contributed by atoms with Gasteiger partial charge in [-0.1, -0.05) is 61.7 Å². The average Bonchev–Trinajstić information content (AvgIpc) is 3.75. The van der Waals surface area contributed by atoms with Crippen LogP contribution in [-0.4, -0.2) is 98.1 Å². The van der Waals surface area contributed by atoms with Crippen LogP contribution in [-0.2, 0) is 20.3 Å². The highest BCUT2D eigenvalue weighted by Gasteiger charge is 2.80. The van der Waals surface area contributed by atoms with Gasteiger partial charge in [0.25, 0.3) is 0 Å². The van der Waals surface area contributed by atoms with Crippen LogP contribution in [0.3, 0.4) is 0 Å². The highest BCUT2D eigenvalue weighted by Crippen LogP contribution is 2.72. The maximum absolute atomic E-state index is 7.51. The van der Waals surface area contributed by atoms with Crippen LogP contribution >= 0.6 is 0 Å². The van der Waals surface area contributed by atoms with Gasteiger partial charge < -0.3 is 28.2 Å². The lowest BCUT2D eigenvalue weighted by atomic mass is 9.52. The molecule has 0 amide bonds. The Morgan fingerprint density at radius 1 is 0.680 bits per heavy atom. The first-order valence-corrected chi connectivity index (χ1v) is 19.9. The molecule has 50 heavy (non-hydrogen) atoms. The second kappa shape index (κ2) is 9.06. The summed E-state index contributed by atoms with van der Waals surface area (Å²) in [4.78, 5) is 5.95. The van der Waals surface area contributed by atoms with Crippen molar-refractivity contribution in [2.24, 2.45) is 23.7 Å². The lowest BCUT2D eigenvalue weighted by Gasteiger charge is -2.65. The van der Waals surface area contributed by atoms with Crippen LogP contribution in [0.5, 0.6) is 0 Å². The van der Waals surface area contributed by atoms with E-state index >= 15 is 0 Å². The van der Waals surface area contributed by atoms with E-state index in [9.17, 15) is 0 Å². The molecule has 2 saturated carbocycles. The van der Waals surface area contributed by atoms with Crippen molar-refractivity contribution >= 4 is 11.4 Å². The van der Waals surface area contributed by atoms with E-state index in [4.69, 9.17) is 9.47 Å². The standard InChI is InChI=1S/C44H50N4O2/c1-3-17-47-19-15-43-31-9-5-7-11-33(31)45-39(43)37-29(23-35(43)47)27(25-47)13-21-49-41(37)46-34-12-8-6-10-32(34)44-16-20-48(18-4-2)26-28-14-22-50-42(45)38(40(44)46)30(28)24-36(44)48/h3-14,29-30,35-42H,1-2,15-26H2/q+2/t29-,30-,35-,36-,37+,38+,39-,40-,41+,42+,43+,44+,47?,48?/m0/s1. The molecule has 2 aromatic rings. The minimum atomic E-state index is 0.0382. The molecular formula is C44H50N4O2+2. The van der Waals surface area contributed by atoms with Gasteiger partial charge in [0, 0.05) is 60.7 Å². The lowest BCUT2D eigenvalue weighted by Crippen LogP contribution is -2.78. The third-order valence-corrected chi connectivity index (χ3v) is 17.5. The maximum Gasteiger partial charge on any atom is 0.136 e. The molecule has 4 bridgehead atoms. The fourth-order valence-electron chi connectivity index (χ4n) is 16.4. The average molecular weight is 667 g/mol. The van der Waals surface area contributed by atoms with E-state index in [0.29, 0.717) is 47.8 Å². The van der Waals surface area contributed by atoms with Crippen molar-refractivity contribution in [1.82, 2.24) is 0 Å². The van der Waals surface area contributed by atoms with Crippen molar-refractivity contribution in [3.05, 3.63) is 108 Å². The van der Waals surface area contributed by atoms with Crippen LogP contribution in [0, 0.1) is 23.7 Å². The van der Waals surface area contributed by atoms with E-state index in [0.717, 1.165) is 39.4 Å². The number of para-hydroxylation sites is 2. The van der Waals surface area contributed by atoms with Gasteiger partial charge in [0.05, 0.1) is 62.3 Å². The first kappa shape index (κ1) is 28.4. The Morgan fingerprint density at radius 3 is 1.60 bits per heavy atom. The molecule has 11 aliphatic rings. The molecule has 6 nitrogen and oxygen atoms in total. The molecule has 6 heteroatoms. The molecule has 256 valence electrons. The summed E-state index contributed by atoms with van der Waals surface area (Å²) in [7, 11) is 0. The molecule has 2 spiro atoms. The summed E-state index contributed by atoms with van der Waals surface area (Å²) in [5.74, 6) is 1.79. The number of quaternary nitrogens is 2. The van der Waals surface area contributed by atoms with Crippen LogP contribution in [0.2, 0.25) is 0 Å². The summed E-state index contributed by atoms with van der Waals surface area (Å²) >= 11 is 0. The summed E-state index contributed by atoms with van der Waals surface area (Å²) < 4.78 is 17.4. The van der Waals surface area contributed by atoms with Crippen molar-refractivity contribution in [3.8, 4) is 0 Å². The van der Waals surface area contributed by atoms with Gasteiger partial charge in [0.2, 0.25) is 0 Å². The SMILES string of the molecule is C=CC[N+]12CC[C@@]34c5ccccc5N5[C@@H]6OCC=C7C[N+]8(CC=C)CC[C@]9%10c%11ccccc%11N([C@@H]%11OCC=C(C1)[C@H](C[C@@H]32)[C@@H]%11[C@H]54)[C@H]9[C@H]6[C@H]7C[C@@H]%108. The normalized spacial score (nSPS) is 49.8. The Kier molecular flexibility index (Phi) is 5.15. The Labute approximate surface area is 296 Å². The Bertz CT molecular complexity index is 1830. The van der Waals surface area contributed by atoms with Crippen LogP contribution in [0.4, 0.5) is 11.4 Å². The van der Waals surface area contributed by atoms with Gasteiger partial charge in [-0.2, -0.15) is 0 Å². The van der Waals surface area contributed by atoms with Gasteiger partial charge in [-0.15, -0.1) is 0 Å². The fraction of sp³-hybridized carbons (Fsp3) is 0.545. The van der Waals surface area contributed by atoms with Crippen LogP contribution < -0.4 is 9.80 Å². The smallest absolute Gasteiger partial charge is 0.136 e. The van der Waals surface area contributed by atoms with Gasteiger partial charge in [0.1, 0.15) is 37.6 Å². The summed E-state index contributed by atoms with van der Waals surface area (Å²) in [5, 5.41) is 0. The summed E-state index contributed by atoms with van der Waals surface area (Å²) in [6, 6.07) is 21.3. The number of hydrogen-bond donors (Lipinski definition) is 0. The molecule has 0 radical (unpaired) electrons. The van der Waals surface area contributed by atoms with Gasteiger partial charge >= 0.3 is 0 Å². The molecule has 0 aromatic heterocycles. The summed E-state index contributed by atoms with van der Waals surface area (Å²) in [5.41, 5.74) is 9.71. The van der Waals surface area contributed by atoms with Crippen LogP contribution in [0.1, 0.15) is 36.8 Å². The Hall–Kier alpha value is -3.16. The molecule has 9 aliphatic heterocycles. The number of rotatable bonds is 4. The quantitative estimate of drug-likeness (QED) is 0.311. The molecule has 2 aliphatic carbocycles. The first-order chi connectivity index (χ1) is 24.6. The maximum atomic E-state index is 7.51. The number of piperidine rings is 2. The van der Waals surface area contributed by atoms with Gasteiger partial charge in [-0.3, -0.25) is 0 Å². The zero-order valence-corrected chi connectivity index (χ0v) is 29.2.